The maximum Gasteiger partial charge on any atom is 0.326 e. The van der Waals surface area contributed by atoms with Gasteiger partial charge in [0.05, 0.1) is 25.3 Å². The summed E-state index contributed by atoms with van der Waals surface area (Å²) < 4.78 is 26.9. The third-order valence-electron chi connectivity index (χ3n) is 10.7. The average Bonchev–Trinajstić information content (AvgIpc) is 3.89. The van der Waals surface area contributed by atoms with E-state index in [1.807, 2.05) is 55.5 Å². The monoisotopic (exact) mass is 671 g/mol. The van der Waals surface area contributed by atoms with Crippen LogP contribution in [0, 0.1) is 0 Å². The van der Waals surface area contributed by atoms with Crippen LogP contribution in [0.1, 0.15) is 75.8 Å². The Hall–Kier alpha value is -3.95. The molecular weight excluding hydrogens is 621 g/mol. The highest BCUT2D eigenvalue weighted by Gasteiger charge is 2.51. The molecule has 49 heavy (non-hydrogen) atoms. The number of alkyl halides is 1. The Morgan fingerprint density at radius 2 is 1.63 bits per heavy atom. The quantitative estimate of drug-likeness (QED) is 0.169. The largest absolute Gasteiger partial charge is 0.496 e. The highest BCUT2D eigenvalue weighted by Crippen LogP contribution is 2.44. The van der Waals surface area contributed by atoms with Crippen molar-refractivity contribution >= 4 is 22.6 Å². The summed E-state index contributed by atoms with van der Waals surface area (Å²) in [6, 6.07) is 15.1. The van der Waals surface area contributed by atoms with Crippen molar-refractivity contribution < 1.29 is 28.6 Å². The summed E-state index contributed by atoms with van der Waals surface area (Å²) in [5.41, 5.74) is 1.66. The fraction of sp³-hybridized carbons (Fsp3) is 0.500. The van der Waals surface area contributed by atoms with Crippen molar-refractivity contribution in [2.24, 2.45) is 0 Å². The number of amides is 1. The molecule has 1 amide bonds. The van der Waals surface area contributed by atoms with Gasteiger partial charge in [0.2, 0.25) is 5.91 Å². The maximum atomic E-state index is 15.0. The fourth-order valence-electron chi connectivity index (χ4n) is 7.82. The van der Waals surface area contributed by atoms with E-state index >= 15 is 4.39 Å². The van der Waals surface area contributed by atoms with Crippen LogP contribution < -0.4 is 20.1 Å². The van der Waals surface area contributed by atoms with Crippen molar-refractivity contribution in [1.29, 1.82) is 0 Å². The number of rotatable bonds is 13. The molecule has 0 unspecified atom stereocenters. The molecule has 2 aliphatic carbocycles. The minimum Gasteiger partial charge on any atom is -0.496 e. The van der Waals surface area contributed by atoms with E-state index in [-0.39, 0.29) is 12.3 Å². The molecule has 3 fully saturated rings. The van der Waals surface area contributed by atoms with E-state index in [4.69, 9.17) is 9.47 Å². The minimum atomic E-state index is -1.24. The first-order valence-corrected chi connectivity index (χ1v) is 17.8. The number of ether oxygens (including phenoxy) is 2. The Morgan fingerprint density at radius 3 is 2.24 bits per heavy atom. The molecule has 0 radical (unpaired) electrons. The number of aliphatic carboxylic acids is 1. The number of carbonyl (C=O) groups excluding carboxylic acids is 1. The zero-order chi connectivity index (χ0) is 34.6. The molecule has 0 bridgehead atoms. The van der Waals surface area contributed by atoms with Gasteiger partial charge in [-0.15, -0.1) is 0 Å². The Morgan fingerprint density at radius 1 is 0.980 bits per heavy atom. The summed E-state index contributed by atoms with van der Waals surface area (Å²) in [7, 11) is 3.29. The van der Waals surface area contributed by atoms with Gasteiger partial charge in [-0.05, 0) is 85.0 Å². The molecule has 3 aromatic rings. The van der Waals surface area contributed by atoms with Crippen LogP contribution in [0.15, 0.2) is 60.7 Å². The van der Waals surface area contributed by atoms with E-state index in [0.29, 0.717) is 50.0 Å². The second-order valence-corrected chi connectivity index (χ2v) is 14.1. The van der Waals surface area contributed by atoms with Crippen LogP contribution in [-0.2, 0) is 22.6 Å². The number of hydrogen-bond acceptors (Lipinski definition) is 6. The van der Waals surface area contributed by atoms with Gasteiger partial charge in [0.25, 0.3) is 0 Å². The second-order valence-electron chi connectivity index (χ2n) is 14.1. The smallest absolute Gasteiger partial charge is 0.326 e. The first-order valence-electron chi connectivity index (χ1n) is 17.8. The zero-order valence-electron chi connectivity index (χ0n) is 29.0. The number of fused-ring (bicyclic) bond motifs is 1. The molecule has 9 heteroatoms. The van der Waals surface area contributed by atoms with Crippen molar-refractivity contribution in [2.45, 2.75) is 101 Å². The number of carboxylic acid groups (broad SMARTS) is 1. The lowest BCUT2D eigenvalue weighted by Gasteiger charge is -2.35. The Bertz CT molecular complexity index is 1660. The van der Waals surface area contributed by atoms with Crippen LogP contribution in [0.2, 0.25) is 0 Å². The molecule has 0 spiro atoms. The van der Waals surface area contributed by atoms with E-state index in [0.717, 1.165) is 71.6 Å². The van der Waals surface area contributed by atoms with E-state index in [1.54, 1.807) is 26.4 Å². The van der Waals surface area contributed by atoms with Gasteiger partial charge in [-0.25, -0.2) is 9.18 Å². The number of carbonyl (C=O) groups is 2. The summed E-state index contributed by atoms with van der Waals surface area (Å²) in [4.78, 5) is 28.2. The normalized spacial score (nSPS) is 19.8. The van der Waals surface area contributed by atoms with E-state index in [9.17, 15) is 14.7 Å². The molecule has 3 aliphatic rings. The summed E-state index contributed by atoms with van der Waals surface area (Å²) in [5, 5.41) is 18.5. The van der Waals surface area contributed by atoms with Crippen molar-refractivity contribution in [3.8, 4) is 22.6 Å². The van der Waals surface area contributed by atoms with Crippen molar-refractivity contribution in [2.75, 3.05) is 27.3 Å². The van der Waals surface area contributed by atoms with Gasteiger partial charge < -0.3 is 25.2 Å². The second kappa shape index (κ2) is 14.9. The van der Waals surface area contributed by atoms with Crippen LogP contribution >= 0.6 is 0 Å². The lowest BCUT2D eigenvalue weighted by atomic mass is 9.91. The van der Waals surface area contributed by atoms with Crippen LogP contribution in [0.5, 0.6) is 11.5 Å². The Balaban J connectivity index is 1.24. The molecule has 6 rings (SSSR count). The molecule has 8 nitrogen and oxygen atoms in total. The topological polar surface area (TPSA) is 100 Å². The van der Waals surface area contributed by atoms with E-state index < -0.39 is 23.2 Å². The summed E-state index contributed by atoms with van der Waals surface area (Å²) in [6.45, 7) is 3.83. The lowest BCUT2D eigenvalue weighted by Crippen LogP contribution is -2.55. The van der Waals surface area contributed by atoms with Gasteiger partial charge in [-0.1, -0.05) is 67.8 Å². The number of piperidine rings is 1. The van der Waals surface area contributed by atoms with Crippen LogP contribution in [-0.4, -0.2) is 72.5 Å². The van der Waals surface area contributed by atoms with Gasteiger partial charge in [-0.2, -0.15) is 0 Å². The number of methoxy groups -OCH3 is 2. The molecule has 1 aliphatic heterocycles. The summed E-state index contributed by atoms with van der Waals surface area (Å²) >= 11 is 0. The van der Waals surface area contributed by atoms with Gasteiger partial charge in [0.15, 0.2) is 0 Å². The summed E-state index contributed by atoms with van der Waals surface area (Å²) in [5.74, 6) is 0.0525. The molecule has 1 heterocycles. The minimum absolute atomic E-state index is 0.151. The summed E-state index contributed by atoms with van der Waals surface area (Å²) in [6.07, 6.45) is 11.7. The average molecular weight is 672 g/mol. The third-order valence-corrected chi connectivity index (χ3v) is 10.7. The first-order chi connectivity index (χ1) is 23.7. The van der Waals surface area contributed by atoms with Crippen LogP contribution in [0.25, 0.3) is 21.9 Å². The molecule has 3 N–H and O–H groups in total. The number of halogens is 1. The van der Waals surface area contributed by atoms with Crippen LogP contribution in [0.3, 0.4) is 0 Å². The number of carboxylic acids is 1. The zero-order valence-corrected chi connectivity index (χ0v) is 29.0. The number of likely N-dealkylation sites (tertiary alicyclic amines) is 1. The van der Waals surface area contributed by atoms with E-state index in [2.05, 4.69) is 15.5 Å². The molecular formula is C40H50FN3O5. The van der Waals surface area contributed by atoms with Crippen molar-refractivity contribution in [1.82, 2.24) is 15.5 Å². The van der Waals surface area contributed by atoms with Crippen molar-refractivity contribution in [3.05, 3.63) is 71.8 Å². The number of hydrogen-bond donors (Lipinski definition) is 3. The van der Waals surface area contributed by atoms with Gasteiger partial charge in [0.1, 0.15) is 23.2 Å². The molecule has 262 valence electrons. The SMILES string of the molecule is C/C=C/C1(F)CCN(Cc2cc(OC)c(-c3cccc4c(C[C@H](NC(=O)C5(NC6CCCCC6)CC5)C(=O)O)cccc34)c(OC)c2)CC1. The predicted octanol–water partition coefficient (Wildman–Crippen LogP) is 6.97. The fourth-order valence-corrected chi connectivity index (χ4v) is 7.82. The molecule has 2 saturated carbocycles. The van der Waals surface area contributed by atoms with Gasteiger partial charge in [0, 0.05) is 32.1 Å². The molecule has 0 aromatic heterocycles. The van der Waals surface area contributed by atoms with Crippen LogP contribution in [0.4, 0.5) is 4.39 Å². The van der Waals surface area contributed by atoms with E-state index in [1.165, 1.54) is 6.42 Å². The first kappa shape index (κ1) is 34.9. The number of allylic oxidation sites excluding steroid dienone is 2. The molecule has 1 atom stereocenters. The highest BCUT2D eigenvalue weighted by atomic mass is 19.1. The van der Waals surface area contributed by atoms with Gasteiger partial charge >= 0.3 is 5.97 Å². The number of benzene rings is 3. The predicted molar refractivity (Wildman–Crippen MR) is 191 cm³/mol. The maximum absolute atomic E-state index is 15.0. The molecule has 3 aromatic carbocycles. The van der Waals surface area contributed by atoms with Gasteiger partial charge in [-0.3, -0.25) is 9.69 Å². The third kappa shape index (κ3) is 7.78. The number of nitrogens with zero attached hydrogens (tertiary/aromatic N) is 1. The lowest BCUT2D eigenvalue weighted by molar-refractivity contribution is -0.142. The molecule has 1 saturated heterocycles. The Kier molecular flexibility index (Phi) is 10.6. The van der Waals surface area contributed by atoms with Crippen molar-refractivity contribution in [3.63, 3.8) is 0 Å². The highest BCUT2D eigenvalue weighted by molar-refractivity contribution is 6.01. The Labute approximate surface area is 289 Å². The standard InChI is InChI=1S/C40H50FN3O5/c1-4-16-39(41)19-21-44(22-20-39)26-27-23-34(48-2)36(35(24-27)49-3)32-15-9-13-30-28(10-8-14-31(30)32)25-33(37(45)46)42-38(47)40(17-18-40)43-29-11-6-5-7-12-29/h4,8-10,13-16,23-24,29,33,43H,5-7,11-12,17-22,25-26H2,1-3H3,(H,42,47)(H,45,46)/b16-4+/t33-/m0/s1. The number of nitrogens with one attached hydrogen (secondary N) is 2.